The van der Waals surface area contributed by atoms with Crippen LogP contribution in [0, 0.1) is 24.7 Å². The minimum absolute atomic E-state index is 0.0410. The van der Waals surface area contributed by atoms with Crippen LogP contribution in [0.5, 0.6) is 0 Å². The largest absolute Gasteiger partial charge is 0.391 e. The van der Waals surface area contributed by atoms with Crippen LogP contribution in [-0.4, -0.2) is 57.4 Å². The van der Waals surface area contributed by atoms with Gasteiger partial charge in [0.05, 0.1) is 22.2 Å². The lowest BCUT2D eigenvalue weighted by molar-refractivity contribution is -0.144. The van der Waals surface area contributed by atoms with Crippen molar-refractivity contribution in [3.8, 4) is 22.8 Å². The number of nitrogens with one attached hydrogen (secondary N) is 2. The summed E-state index contributed by atoms with van der Waals surface area (Å²) >= 11 is 1.58. The van der Waals surface area contributed by atoms with E-state index in [1.807, 2.05) is 57.5 Å². The van der Waals surface area contributed by atoms with Crippen LogP contribution in [-0.2, 0) is 20.9 Å². The molecule has 198 valence electrons. The molecule has 3 N–H and O–H groups in total. The first kappa shape index (κ1) is 28.4. The molecular formula is C28H36N4O4S. The highest BCUT2D eigenvalue weighted by atomic mass is 32.1. The maximum atomic E-state index is 13.6. The maximum absolute atomic E-state index is 13.6. The zero-order valence-electron chi connectivity index (χ0n) is 21.9. The van der Waals surface area contributed by atoms with Crippen LogP contribution in [0.2, 0.25) is 0 Å². The monoisotopic (exact) mass is 524 g/mol. The average Bonchev–Trinajstić information content (AvgIpc) is 3.46. The Kier molecular flexibility index (Phi) is 9.46. The van der Waals surface area contributed by atoms with E-state index in [0.717, 1.165) is 21.7 Å². The number of β-amino-alcohol motifs (C(OH)–C–C–N with tert-alkyl or cyclic N) is 1. The number of benzene rings is 1. The number of hydrogen-bond donors (Lipinski definition) is 3. The molecule has 8 nitrogen and oxygen atoms in total. The highest BCUT2D eigenvalue weighted by Gasteiger charge is 2.44. The Labute approximate surface area is 222 Å². The Morgan fingerprint density at radius 2 is 1.97 bits per heavy atom. The first-order valence-corrected chi connectivity index (χ1v) is 13.4. The fourth-order valence-corrected chi connectivity index (χ4v) is 5.18. The van der Waals surface area contributed by atoms with E-state index in [2.05, 4.69) is 21.5 Å². The molecule has 1 fully saturated rings. The average molecular weight is 525 g/mol. The van der Waals surface area contributed by atoms with Crippen molar-refractivity contribution in [1.29, 1.82) is 0 Å². The first-order valence-electron chi connectivity index (χ1n) is 12.5. The van der Waals surface area contributed by atoms with Gasteiger partial charge >= 0.3 is 0 Å². The van der Waals surface area contributed by atoms with Crippen molar-refractivity contribution in [3.05, 3.63) is 41.0 Å². The van der Waals surface area contributed by atoms with Crippen LogP contribution in [0.3, 0.4) is 0 Å². The summed E-state index contributed by atoms with van der Waals surface area (Å²) in [7, 11) is 0. The molecular weight excluding hydrogens is 488 g/mol. The molecule has 0 radical (unpaired) electrons. The molecule has 0 saturated carbocycles. The molecule has 1 aliphatic heterocycles. The number of aryl methyl sites for hydroxylation is 1. The van der Waals surface area contributed by atoms with Crippen LogP contribution < -0.4 is 10.6 Å². The van der Waals surface area contributed by atoms with Gasteiger partial charge in [0.25, 0.3) is 0 Å². The normalized spacial score (nSPS) is 18.2. The predicted molar refractivity (Wildman–Crippen MR) is 144 cm³/mol. The summed E-state index contributed by atoms with van der Waals surface area (Å²) in [5.74, 6) is 1.53. The smallest absolute Gasteiger partial charge is 0.246 e. The van der Waals surface area contributed by atoms with E-state index in [1.54, 1.807) is 11.3 Å². The van der Waals surface area contributed by atoms with Crippen molar-refractivity contribution >= 4 is 29.1 Å². The van der Waals surface area contributed by atoms with E-state index in [-0.39, 0.29) is 37.1 Å². The van der Waals surface area contributed by atoms with E-state index >= 15 is 0 Å². The SMILES string of the molecule is C#CCCCC(=O)NC(C(=O)N1C[C@H](O)C[C@H]1C(=O)NCc1ccc(-c2scnc2C)cc1)C(C)(C)C. The first-order chi connectivity index (χ1) is 17.5. The molecule has 0 aliphatic carbocycles. The highest BCUT2D eigenvalue weighted by Crippen LogP contribution is 2.28. The fraction of sp³-hybridized carbons (Fsp3) is 0.500. The Morgan fingerprint density at radius 1 is 1.27 bits per heavy atom. The molecule has 1 unspecified atom stereocenters. The van der Waals surface area contributed by atoms with Crippen LogP contribution >= 0.6 is 11.3 Å². The van der Waals surface area contributed by atoms with Gasteiger partial charge in [-0.1, -0.05) is 45.0 Å². The zero-order valence-corrected chi connectivity index (χ0v) is 22.7. The molecule has 0 spiro atoms. The molecule has 1 aliphatic rings. The molecule has 3 atom stereocenters. The van der Waals surface area contributed by atoms with Crippen molar-refractivity contribution in [2.24, 2.45) is 5.41 Å². The van der Waals surface area contributed by atoms with Gasteiger partial charge in [0, 0.05) is 32.4 Å². The van der Waals surface area contributed by atoms with Crippen molar-refractivity contribution in [1.82, 2.24) is 20.5 Å². The number of carbonyl (C=O) groups is 3. The quantitative estimate of drug-likeness (QED) is 0.345. The van der Waals surface area contributed by atoms with Crippen LogP contribution in [0.1, 0.15) is 57.7 Å². The molecule has 37 heavy (non-hydrogen) atoms. The van der Waals surface area contributed by atoms with Gasteiger partial charge in [-0.2, -0.15) is 0 Å². The third-order valence-corrected chi connectivity index (χ3v) is 7.41. The van der Waals surface area contributed by atoms with Gasteiger partial charge in [-0.15, -0.1) is 23.7 Å². The van der Waals surface area contributed by atoms with E-state index in [9.17, 15) is 19.5 Å². The van der Waals surface area contributed by atoms with Gasteiger partial charge < -0.3 is 20.6 Å². The molecule has 3 rings (SSSR count). The lowest BCUT2D eigenvalue weighted by Crippen LogP contribution is -2.57. The number of aromatic nitrogens is 1. The fourth-order valence-electron chi connectivity index (χ4n) is 4.36. The van der Waals surface area contributed by atoms with Crippen LogP contribution in [0.25, 0.3) is 10.4 Å². The number of rotatable bonds is 9. The van der Waals surface area contributed by atoms with Gasteiger partial charge in [-0.25, -0.2) is 4.98 Å². The van der Waals surface area contributed by atoms with Crippen molar-refractivity contribution in [3.63, 3.8) is 0 Å². The Hall–Kier alpha value is -3.22. The van der Waals surface area contributed by atoms with Crippen molar-refractivity contribution in [2.45, 2.75) is 78.1 Å². The third-order valence-electron chi connectivity index (χ3n) is 6.44. The van der Waals surface area contributed by atoms with Crippen LogP contribution in [0.15, 0.2) is 29.8 Å². The number of carbonyl (C=O) groups excluding carboxylic acids is 3. The van der Waals surface area contributed by atoms with Crippen molar-refractivity contribution in [2.75, 3.05) is 6.54 Å². The second-order valence-electron chi connectivity index (χ2n) is 10.5. The van der Waals surface area contributed by atoms with Gasteiger partial charge in [-0.05, 0) is 29.9 Å². The summed E-state index contributed by atoms with van der Waals surface area (Å²) in [5, 5.41) is 16.1. The number of hydrogen-bond acceptors (Lipinski definition) is 6. The summed E-state index contributed by atoms with van der Waals surface area (Å²) in [5.41, 5.74) is 4.19. The minimum Gasteiger partial charge on any atom is -0.391 e. The summed E-state index contributed by atoms with van der Waals surface area (Å²) in [4.78, 5) is 45.9. The second-order valence-corrected chi connectivity index (χ2v) is 11.4. The number of terminal acetylenes is 1. The second kappa shape index (κ2) is 12.3. The lowest BCUT2D eigenvalue weighted by atomic mass is 9.85. The molecule has 1 saturated heterocycles. The van der Waals surface area contributed by atoms with Gasteiger partial charge in [0.1, 0.15) is 12.1 Å². The molecule has 0 bridgehead atoms. The Morgan fingerprint density at radius 3 is 2.57 bits per heavy atom. The van der Waals surface area contributed by atoms with Gasteiger partial charge in [0.2, 0.25) is 17.7 Å². The predicted octanol–water partition coefficient (Wildman–Crippen LogP) is 3.03. The Bertz CT molecular complexity index is 1150. The number of nitrogens with zero attached hydrogens (tertiary/aromatic N) is 2. The van der Waals surface area contributed by atoms with Crippen molar-refractivity contribution < 1.29 is 19.5 Å². The molecule has 1 aromatic heterocycles. The number of aliphatic hydroxyl groups is 1. The summed E-state index contributed by atoms with van der Waals surface area (Å²) in [6.07, 6.45) is 5.83. The lowest BCUT2D eigenvalue weighted by Gasteiger charge is -2.35. The van der Waals surface area contributed by atoms with Gasteiger partial charge in [0.15, 0.2) is 0 Å². The summed E-state index contributed by atoms with van der Waals surface area (Å²) in [6.45, 7) is 7.88. The molecule has 3 amide bonds. The zero-order chi connectivity index (χ0) is 27.2. The van der Waals surface area contributed by atoms with Crippen LogP contribution in [0.4, 0.5) is 0 Å². The van der Waals surface area contributed by atoms with Gasteiger partial charge in [-0.3, -0.25) is 14.4 Å². The molecule has 9 heteroatoms. The van der Waals surface area contributed by atoms with E-state index in [4.69, 9.17) is 6.42 Å². The van der Waals surface area contributed by atoms with E-state index < -0.39 is 23.6 Å². The minimum atomic E-state index is -0.839. The molecule has 2 aromatic rings. The summed E-state index contributed by atoms with van der Waals surface area (Å²) in [6, 6.07) is 6.24. The Balaban J connectivity index is 1.65. The maximum Gasteiger partial charge on any atom is 0.246 e. The number of thiazole rings is 1. The number of amides is 3. The van der Waals surface area contributed by atoms with E-state index in [1.165, 1.54) is 4.90 Å². The van der Waals surface area contributed by atoms with E-state index in [0.29, 0.717) is 19.4 Å². The number of likely N-dealkylation sites (tertiary alicyclic amines) is 1. The number of unbranched alkanes of at least 4 members (excludes halogenated alkanes) is 1. The number of aliphatic hydroxyl groups excluding tert-OH is 1. The summed E-state index contributed by atoms with van der Waals surface area (Å²) < 4.78 is 0. The molecule has 1 aromatic carbocycles. The standard InChI is InChI=1S/C28H36N4O4S/c1-6-7-8-9-23(34)31-25(28(3,4)5)27(36)32-16-21(33)14-22(32)26(35)29-15-19-10-12-20(13-11-19)24-18(2)30-17-37-24/h1,10-13,17,21-22,25,33H,7-9,14-16H2,2-5H3,(H,29,35)(H,31,34)/t21-,22+,25?/m1/s1. The third kappa shape index (κ3) is 7.40. The topological polar surface area (TPSA) is 112 Å². The highest BCUT2D eigenvalue weighted by molar-refractivity contribution is 7.13. The molecule has 2 heterocycles.